The number of ether oxygens (including phenoxy) is 2. The Labute approximate surface area is 198 Å². The molecule has 0 radical (unpaired) electrons. The number of nitrogens with zero attached hydrogens (tertiary/aromatic N) is 2. The Bertz CT molecular complexity index is 1160. The fourth-order valence-corrected chi connectivity index (χ4v) is 4.40. The molecule has 7 heteroatoms. The van der Waals surface area contributed by atoms with Gasteiger partial charge in [0.1, 0.15) is 5.75 Å². The molecule has 7 nitrogen and oxygen atoms in total. The normalized spacial score (nSPS) is 17.5. The molecule has 2 heterocycles. The van der Waals surface area contributed by atoms with Crippen molar-refractivity contribution in [3.05, 3.63) is 78.9 Å². The zero-order valence-corrected chi connectivity index (χ0v) is 18.9. The number of amides is 2. The molecule has 3 aromatic carbocycles. The Kier molecular flexibility index (Phi) is 6.44. The van der Waals surface area contributed by atoms with E-state index in [-0.39, 0.29) is 18.4 Å². The van der Waals surface area contributed by atoms with Crippen molar-refractivity contribution >= 4 is 23.2 Å². The molecule has 0 aromatic heterocycles. The summed E-state index contributed by atoms with van der Waals surface area (Å²) < 4.78 is 11.4. The van der Waals surface area contributed by atoms with Gasteiger partial charge in [0.15, 0.2) is 6.10 Å². The Morgan fingerprint density at radius 2 is 1.59 bits per heavy atom. The number of para-hydroxylation sites is 3. The molecule has 5 rings (SSSR count). The van der Waals surface area contributed by atoms with Crippen molar-refractivity contribution in [3.63, 3.8) is 0 Å². The molecule has 0 spiro atoms. The second-order valence-electron chi connectivity index (χ2n) is 8.35. The summed E-state index contributed by atoms with van der Waals surface area (Å²) in [5.74, 6) is 0.383. The first-order valence-corrected chi connectivity index (χ1v) is 11.5. The first-order valence-electron chi connectivity index (χ1n) is 11.5. The molecule has 1 atom stereocenters. The maximum Gasteiger partial charge on any atom is 0.265 e. The van der Waals surface area contributed by atoms with Gasteiger partial charge >= 0.3 is 0 Å². The van der Waals surface area contributed by atoms with Crippen molar-refractivity contribution in [3.8, 4) is 16.9 Å². The lowest BCUT2D eigenvalue weighted by atomic mass is 10.0. The summed E-state index contributed by atoms with van der Waals surface area (Å²) in [4.78, 5) is 29.9. The van der Waals surface area contributed by atoms with E-state index in [1.54, 1.807) is 4.90 Å². The van der Waals surface area contributed by atoms with Crippen molar-refractivity contribution in [1.82, 2.24) is 4.90 Å². The number of morpholine rings is 1. The van der Waals surface area contributed by atoms with E-state index in [0.717, 1.165) is 22.5 Å². The molecule has 0 bridgehead atoms. The molecule has 1 N–H and O–H groups in total. The zero-order valence-electron chi connectivity index (χ0n) is 18.9. The van der Waals surface area contributed by atoms with E-state index in [1.165, 1.54) is 0 Å². The molecule has 34 heavy (non-hydrogen) atoms. The van der Waals surface area contributed by atoms with Crippen LogP contribution in [0.4, 0.5) is 11.4 Å². The first kappa shape index (κ1) is 22.0. The van der Waals surface area contributed by atoms with Crippen molar-refractivity contribution < 1.29 is 19.1 Å². The van der Waals surface area contributed by atoms with Gasteiger partial charge in [-0.2, -0.15) is 0 Å². The quantitative estimate of drug-likeness (QED) is 0.636. The number of nitrogens with one attached hydrogen (secondary N) is 1. The maximum absolute atomic E-state index is 13.1. The van der Waals surface area contributed by atoms with Crippen molar-refractivity contribution in [2.75, 3.05) is 49.6 Å². The summed E-state index contributed by atoms with van der Waals surface area (Å²) >= 11 is 0. The smallest absolute Gasteiger partial charge is 0.265 e. The third-order valence-corrected chi connectivity index (χ3v) is 6.08. The van der Waals surface area contributed by atoms with Crippen LogP contribution in [0.25, 0.3) is 11.1 Å². The summed E-state index contributed by atoms with van der Waals surface area (Å²) in [7, 11) is 0. The van der Waals surface area contributed by atoms with E-state index in [1.807, 2.05) is 83.8 Å². The zero-order chi connectivity index (χ0) is 23.3. The minimum Gasteiger partial charge on any atom is -0.477 e. The molecule has 174 valence electrons. The second kappa shape index (κ2) is 9.97. The fraction of sp³-hybridized carbons (Fsp3) is 0.259. The van der Waals surface area contributed by atoms with Gasteiger partial charge in [-0.3, -0.25) is 9.59 Å². The number of hydrogen-bond donors (Lipinski definition) is 1. The summed E-state index contributed by atoms with van der Waals surface area (Å²) in [5.41, 5.74) is 3.55. The average molecular weight is 458 g/mol. The summed E-state index contributed by atoms with van der Waals surface area (Å²) in [6.45, 7) is 2.58. The Morgan fingerprint density at radius 3 is 2.41 bits per heavy atom. The number of anilines is 2. The molecule has 0 saturated carbocycles. The van der Waals surface area contributed by atoms with Crippen LogP contribution in [0.15, 0.2) is 78.9 Å². The van der Waals surface area contributed by atoms with Crippen LogP contribution in [-0.2, 0) is 14.3 Å². The SMILES string of the molecule is O=C(CN1C[C@H](C(=O)N2CCOCC2)Oc2ccccc21)Nc1ccccc1-c1ccccc1. The molecule has 2 aliphatic heterocycles. The molecule has 3 aromatic rings. The number of hydrogen-bond acceptors (Lipinski definition) is 5. The third kappa shape index (κ3) is 4.75. The van der Waals surface area contributed by atoms with Crippen molar-refractivity contribution in [2.24, 2.45) is 0 Å². The maximum atomic E-state index is 13.1. The Balaban J connectivity index is 1.33. The lowest BCUT2D eigenvalue weighted by molar-refractivity contribution is -0.142. The van der Waals surface area contributed by atoms with Gasteiger partial charge in [-0.25, -0.2) is 0 Å². The van der Waals surface area contributed by atoms with E-state index in [9.17, 15) is 9.59 Å². The predicted octanol–water partition coefficient (Wildman–Crippen LogP) is 3.42. The van der Waals surface area contributed by atoms with Gasteiger partial charge < -0.3 is 24.6 Å². The van der Waals surface area contributed by atoms with E-state index >= 15 is 0 Å². The van der Waals surface area contributed by atoms with Crippen LogP contribution in [0.2, 0.25) is 0 Å². The monoisotopic (exact) mass is 457 g/mol. The van der Waals surface area contributed by atoms with Crippen LogP contribution in [0.1, 0.15) is 0 Å². The number of benzene rings is 3. The second-order valence-corrected chi connectivity index (χ2v) is 8.35. The molecule has 1 fully saturated rings. The highest BCUT2D eigenvalue weighted by molar-refractivity contribution is 5.98. The van der Waals surface area contributed by atoms with Crippen LogP contribution in [0.3, 0.4) is 0 Å². The molecular formula is C27H27N3O4. The summed E-state index contributed by atoms with van der Waals surface area (Å²) in [6, 6.07) is 25.2. The van der Waals surface area contributed by atoms with Crippen LogP contribution < -0.4 is 15.0 Å². The summed E-state index contributed by atoms with van der Waals surface area (Å²) in [5, 5.41) is 3.06. The molecule has 2 amide bonds. The van der Waals surface area contributed by atoms with E-state index < -0.39 is 6.10 Å². The Morgan fingerprint density at radius 1 is 0.882 bits per heavy atom. The van der Waals surface area contributed by atoms with Crippen LogP contribution >= 0.6 is 0 Å². The van der Waals surface area contributed by atoms with Crippen LogP contribution in [0, 0.1) is 0 Å². The molecule has 0 unspecified atom stereocenters. The third-order valence-electron chi connectivity index (χ3n) is 6.08. The predicted molar refractivity (Wildman–Crippen MR) is 131 cm³/mol. The number of carbonyl (C=O) groups excluding carboxylic acids is 2. The van der Waals surface area contributed by atoms with Gasteiger partial charge in [-0.15, -0.1) is 0 Å². The lowest BCUT2D eigenvalue weighted by Gasteiger charge is -2.38. The molecule has 2 aliphatic rings. The van der Waals surface area contributed by atoms with E-state index in [2.05, 4.69) is 5.32 Å². The summed E-state index contributed by atoms with van der Waals surface area (Å²) in [6.07, 6.45) is -0.669. The molecule has 0 aliphatic carbocycles. The average Bonchev–Trinajstić information content (AvgIpc) is 2.89. The lowest BCUT2D eigenvalue weighted by Crippen LogP contribution is -2.53. The Hall–Kier alpha value is -3.84. The van der Waals surface area contributed by atoms with Crippen molar-refractivity contribution in [1.29, 1.82) is 0 Å². The minimum atomic E-state index is -0.669. The van der Waals surface area contributed by atoms with Gasteiger partial charge in [-0.05, 0) is 23.8 Å². The van der Waals surface area contributed by atoms with Gasteiger partial charge in [0.2, 0.25) is 5.91 Å². The highest BCUT2D eigenvalue weighted by Gasteiger charge is 2.34. The van der Waals surface area contributed by atoms with Gasteiger partial charge in [0.05, 0.1) is 32.0 Å². The first-order chi connectivity index (χ1) is 16.7. The standard InChI is InChI=1S/C27H27N3O4/c31-26(28-22-11-5-4-10-21(22)20-8-2-1-3-9-20)19-30-18-25(27(32)29-14-16-33-17-15-29)34-24-13-7-6-12-23(24)30/h1-13,25H,14-19H2,(H,28,31)/t25-/m1/s1. The van der Waals surface area contributed by atoms with E-state index in [0.29, 0.717) is 38.6 Å². The molecule has 1 saturated heterocycles. The van der Waals surface area contributed by atoms with Crippen LogP contribution in [-0.4, -0.2) is 62.2 Å². The highest BCUT2D eigenvalue weighted by Crippen LogP contribution is 2.34. The van der Waals surface area contributed by atoms with Crippen molar-refractivity contribution in [2.45, 2.75) is 6.10 Å². The van der Waals surface area contributed by atoms with Crippen LogP contribution in [0.5, 0.6) is 5.75 Å². The number of rotatable bonds is 5. The van der Waals surface area contributed by atoms with E-state index in [4.69, 9.17) is 9.47 Å². The van der Waals surface area contributed by atoms with Gasteiger partial charge in [0, 0.05) is 24.3 Å². The fourth-order valence-electron chi connectivity index (χ4n) is 4.40. The molecular weight excluding hydrogens is 430 g/mol. The van der Waals surface area contributed by atoms with Gasteiger partial charge in [0.25, 0.3) is 5.91 Å². The largest absolute Gasteiger partial charge is 0.477 e. The van der Waals surface area contributed by atoms with Gasteiger partial charge in [-0.1, -0.05) is 60.7 Å². The number of fused-ring (bicyclic) bond motifs is 1. The number of carbonyl (C=O) groups is 2. The minimum absolute atomic E-state index is 0.0716. The highest BCUT2D eigenvalue weighted by atomic mass is 16.5. The topological polar surface area (TPSA) is 71.1 Å².